The molecule has 4 heteroatoms. The highest BCUT2D eigenvalue weighted by Gasteiger charge is 2.26. The first-order valence-electron chi connectivity index (χ1n) is 20.3. The largest absolute Gasteiger partial charge is 0.453 e. The van der Waals surface area contributed by atoms with Crippen LogP contribution in [0.1, 0.15) is 0 Å². The molecule has 1 aliphatic heterocycles. The van der Waals surface area contributed by atoms with E-state index in [1.165, 1.54) is 32.3 Å². The molecular weight excluding hydrogens is 733 g/mol. The molecule has 11 aromatic rings. The summed E-state index contributed by atoms with van der Waals surface area (Å²) in [5.74, 6) is 2.77. The Morgan fingerprint density at radius 1 is 0.250 bits per heavy atom. The second-order valence-corrected chi connectivity index (χ2v) is 15.3. The van der Waals surface area contributed by atoms with Crippen molar-refractivity contribution in [3.63, 3.8) is 0 Å². The SMILES string of the molecule is c1ccc2c(N(c3ccc4c(c3)Oc3ccc(N(c5cccc6ccccc56)c5cccc6ccccc56)c5cccc(c35)O4)c3cccc4ccccc34)cccc2c1. The zero-order chi connectivity index (χ0) is 39.6. The van der Waals surface area contributed by atoms with Crippen molar-refractivity contribution in [3.8, 4) is 23.0 Å². The molecule has 0 fully saturated rings. The second kappa shape index (κ2) is 13.8. The molecule has 0 saturated heterocycles. The van der Waals surface area contributed by atoms with E-state index >= 15 is 0 Å². The third-order valence-corrected chi connectivity index (χ3v) is 11.8. The van der Waals surface area contributed by atoms with Crippen LogP contribution in [0.15, 0.2) is 218 Å². The van der Waals surface area contributed by atoms with Gasteiger partial charge in [-0.1, -0.05) is 158 Å². The molecule has 0 aliphatic carbocycles. The van der Waals surface area contributed by atoms with Gasteiger partial charge in [-0.2, -0.15) is 0 Å². The van der Waals surface area contributed by atoms with Gasteiger partial charge < -0.3 is 19.3 Å². The Balaban J connectivity index is 1.04. The van der Waals surface area contributed by atoms with Crippen molar-refractivity contribution in [1.29, 1.82) is 0 Å². The Kier molecular flexibility index (Phi) is 7.82. The quantitative estimate of drug-likeness (QED) is 0.168. The Hall–Kier alpha value is -8.08. The molecule has 0 atom stereocenters. The fourth-order valence-electron chi connectivity index (χ4n) is 9.14. The summed E-state index contributed by atoms with van der Waals surface area (Å²) >= 11 is 0. The minimum absolute atomic E-state index is 0.642. The van der Waals surface area contributed by atoms with Crippen LogP contribution in [-0.4, -0.2) is 0 Å². The summed E-state index contributed by atoms with van der Waals surface area (Å²) in [4.78, 5) is 4.74. The van der Waals surface area contributed by atoms with E-state index in [1.807, 2.05) is 12.1 Å². The number of rotatable bonds is 6. The summed E-state index contributed by atoms with van der Waals surface area (Å²) in [6.45, 7) is 0. The van der Waals surface area contributed by atoms with E-state index in [0.717, 1.165) is 67.2 Å². The molecule has 0 amide bonds. The second-order valence-electron chi connectivity index (χ2n) is 15.3. The number of ether oxygens (including phenoxy) is 2. The normalized spacial score (nSPS) is 11.9. The predicted octanol–water partition coefficient (Wildman–Crippen LogP) is 16.3. The molecule has 12 rings (SSSR count). The lowest BCUT2D eigenvalue weighted by Crippen LogP contribution is -2.11. The first kappa shape index (κ1) is 34.0. The van der Waals surface area contributed by atoms with Gasteiger partial charge in [-0.05, 0) is 76.1 Å². The lowest BCUT2D eigenvalue weighted by Gasteiger charge is -2.29. The van der Waals surface area contributed by atoms with Crippen molar-refractivity contribution in [1.82, 2.24) is 0 Å². The predicted molar refractivity (Wildman–Crippen MR) is 250 cm³/mol. The van der Waals surface area contributed by atoms with E-state index in [0.29, 0.717) is 11.5 Å². The van der Waals surface area contributed by atoms with Crippen LogP contribution in [0.3, 0.4) is 0 Å². The number of anilines is 6. The van der Waals surface area contributed by atoms with Crippen LogP contribution in [0.25, 0.3) is 53.9 Å². The molecule has 11 aromatic carbocycles. The molecule has 0 spiro atoms. The Morgan fingerprint density at radius 2 is 0.617 bits per heavy atom. The van der Waals surface area contributed by atoms with Gasteiger partial charge in [0.05, 0.1) is 39.5 Å². The van der Waals surface area contributed by atoms with Crippen LogP contribution in [0.2, 0.25) is 0 Å². The zero-order valence-electron chi connectivity index (χ0n) is 32.5. The Labute approximate surface area is 347 Å². The fraction of sp³-hybridized carbons (Fsp3) is 0. The van der Waals surface area contributed by atoms with Gasteiger partial charge in [-0.25, -0.2) is 0 Å². The van der Waals surface area contributed by atoms with Gasteiger partial charge in [0.25, 0.3) is 0 Å². The molecular formula is C56H36N2O2. The number of hydrogen-bond donors (Lipinski definition) is 0. The number of nitrogens with zero attached hydrogens (tertiary/aromatic N) is 2. The molecule has 60 heavy (non-hydrogen) atoms. The van der Waals surface area contributed by atoms with Crippen molar-refractivity contribution in [3.05, 3.63) is 218 Å². The van der Waals surface area contributed by atoms with Gasteiger partial charge in [0.2, 0.25) is 0 Å². The Morgan fingerprint density at radius 3 is 1.13 bits per heavy atom. The molecule has 4 nitrogen and oxygen atoms in total. The number of hydrogen-bond acceptors (Lipinski definition) is 4. The molecule has 1 heterocycles. The van der Waals surface area contributed by atoms with Gasteiger partial charge in [0.15, 0.2) is 11.5 Å². The minimum Gasteiger partial charge on any atom is -0.453 e. The van der Waals surface area contributed by atoms with Gasteiger partial charge >= 0.3 is 0 Å². The fourth-order valence-corrected chi connectivity index (χ4v) is 9.14. The maximum absolute atomic E-state index is 7.03. The van der Waals surface area contributed by atoms with Crippen LogP contribution in [0.5, 0.6) is 23.0 Å². The van der Waals surface area contributed by atoms with Gasteiger partial charge in [0.1, 0.15) is 11.5 Å². The minimum atomic E-state index is 0.642. The molecule has 0 N–H and O–H groups in total. The highest BCUT2D eigenvalue weighted by molar-refractivity contribution is 6.12. The lowest BCUT2D eigenvalue weighted by atomic mass is 10.0. The maximum Gasteiger partial charge on any atom is 0.172 e. The average Bonchev–Trinajstić information content (AvgIpc) is 3.47. The topological polar surface area (TPSA) is 24.9 Å². The molecule has 0 bridgehead atoms. The van der Waals surface area contributed by atoms with Crippen LogP contribution in [0, 0.1) is 0 Å². The molecule has 282 valence electrons. The van der Waals surface area contributed by atoms with E-state index in [4.69, 9.17) is 9.47 Å². The first-order valence-corrected chi connectivity index (χ1v) is 20.3. The smallest absolute Gasteiger partial charge is 0.172 e. The van der Waals surface area contributed by atoms with Gasteiger partial charge in [-0.3, -0.25) is 0 Å². The van der Waals surface area contributed by atoms with Crippen molar-refractivity contribution >= 4 is 88.0 Å². The number of fused-ring (bicyclic) bond motifs is 5. The van der Waals surface area contributed by atoms with E-state index in [1.54, 1.807) is 0 Å². The average molecular weight is 769 g/mol. The molecule has 1 aliphatic rings. The third-order valence-electron chi connectivity index (χ3n) is 11.8. The summed E-state index contributed by atoms with van der Waals surface area (Å²) in [6, 6.07) is 77.3. The van der Waals surface area contributed by atoms with Crippen molar-refractivity contribution < 1.29 is 9.47 Å². The highest BCUT2D eigenvalue weighted by atomic mass is 16.5. The van der Waals surface area contributed by atoms with Crippen LogP contribution in [-0.2, 0) is 0 Å². The summed E-state index contributed by atoms with van der Waals surface area (Å²) in [5, 5.41) is 11.3. The Bertz CT molecular complexity index is 3300. The van der Waals surface area contributed by atoms with E-state index < -0.39 is 0 Å². The van der Waals surface area contributed by atoms with E-state index in [2.05, 4.69) is 216 Å². The van der Waals surface area contributed by atoms with Crippen LogP contribution < -0.4 is 19.3 Å². The molecule has 0 unspecified atom stereocenters. The van der Waals surface area contributed by atoms with Gasteiger partial charge in [-0.15, -0.1) is 0 Å². The molecule has 0 radical (unpaired) electrons. The van der Waals surface area contributed by atoms with Crippen LogP contribution in [0.4, 0.5) is 34.1 Å². The summed E-state index contributed by atoms with van der Waals surface area (Å²) in [6.07, 6.45) is 0. The monoisotopic (exact) mass is 768 g/mol. The molecule has 0 saturated carbocycles. The van der Waals surface area contributed by atoms with Crippen molar-refractivity contribution in [2.45, 2.75) is 0 Å². The number of benzene rings is 11. The van der Waals surface area contributed by atoms with Crippen molar-refractivity contribution in [2.75, 3.05) is 9.80 Å². The van der Waals surface area contributed by atoms with Gasteiger partial charge in [0, 0.05) is 33.0 Å². The standard InChI is InChI=1S/C56H36N2O2/c1-5-22-42-37(14-1)18-9-27-47(42)57(48-28-10-19-38-15-2-6-23-43(38)48)41-32-34-52-55(36-41)60-54-35-33-51(46-26-13-31-53(59-52)56(46)54)58(49-29-11-20-39-16-3-7-24-44(39)49)50-30-12-21-40-17-4-8-25-45(40)50/h1-36H. The van der Waals surface area contributed by atoms with E-state index in [-0.39, 0.29) is 0 Å². The summed E-state index contributed by atoms with van der Waals surface area (Å²) in [5.41, 5.74) is 6.33. The highest BCUT2D eigenvalue weighted by Crippen LogP contribution is 2.53. The first-order chi connectivity index (χ1) is 29.8. The van der Waals surface area contributed by atoms with Crippen LogP contribution >= 0.6 is 0 Å². The summed E-state index contributed by atoms with van der Waals surface area (Å²) in [7, 11) is 0. The maximum atomic E-state index is 7.03. The van der Waals surface area contributed by atoms with Crippen molar-refractivity contribution in [2.24, 2.45) is 0 Å². The third kappa shape index (κ3) is 5.46. The molecule has 0 aromatic heterocycles. The lowest BCUT2D eigenvalue weighted by molar-refractivity contribution is 0.439. The summed E-state index contributed by atoms with van der Waals surface area (Å²) < 4.78 is 13.9. The zero-order valence-corrected chi connectivity index (χ0v) is 32.5. The van der Waals surface area contributed by atoms with E-state index in [9.17, 15) is 0 Å².